The van der Waals surface area contributed by atoms with E-state index in [1.807, 2.05) is 0 Å². The Bertz CT molecular complexity index is 638. The van der Waals surface area contributed by atoms with E-state index in [1.54, 1.807) is 24.4 Å². The van der Waals surface area contributed by atoms with Gasteiger partial charge in [-0.1, -0.05) is 11.6 Å². The fourth-order valence-corrected chi connectivity index (χ4v) is 1.89. The molecular formula is C11H8ClN5. The van der Waals surface area contributed by atoms with Crippen LogP contribution in [0.4, 0.5) is 5.69 Å². The first-order valence-electron chi connectivity index (χ1n) is 4.94. The molecule has 0 fully saturated rings. The third-order valence-electron chi connectivity index (χ3n) is 2.36. The summed E-state index contributed by atoms with van der Waals surface area (Å²) in [6.45, 7) is 0. The summed E-state index contributed by atoms with van der Waals surface area (Å²) in [7, 11) is 0. The van der Waals surface area contributed by atoms with Gasteiger partial charge in [-0.25, -0.2) is 15.0 Å². The minimum Gasteiger partial charge on any atom is -0.399 e. The number of rotatable bonds is 1. The molecule has 17 heavy (non-hydrogen) atoms. The molecule has 1 aromatic carbocycles. The standard InChI is InChI=1S/C11H8ClN5/c12-7-1-6(2-8(13)3-7)10-16-9-4-14-5-15-11(9)17-10/h1-5H,13H2,(H,14,15,16,17). The summed E-state index contributed by atoms with van der Waals surface area (Å²) in [5.74, 6) is 0.676. The van der Waals surface area contributed by atoms with Crippen molar-refractivity contribution in [2.45, 2.75) is 0 Å². The highest BCUT2D eigenvalue weighted by Crippen LogP contribution is 2.25. The molecule has 0 unspecified atom stereocenters. The van der Waals surface area contributed by atoms with Crippen LogP contribution in [0.3, 0.4) is 0 Å². The molecule has 0 aliphatic carbocycles. The number of imidazole rings is 1. The average molecular weight is 246 g/mol. The van der Waals surface area contributed by atoms with Gasteiger partial charge in [0.25, 0.3) is 0 Å². The van der Waals surface area contributed by atoms with Crippen molar-refractivity contribution in [3.63, 3.8) is 0 Å². The first-order valence-corrected chi connectivity index (χ1v) is 5.32. The molecule has 0 amide bonds. The molecule has 5 nitrogen and oxygen atoms in total. The molecule has 0 aliphatic heterocycles. The Kier molecular flexibility index (Phi) is 2.19. The summed E-state index contributed by atoms with van der Waals surface area (Å²) in [4.78, 5) is 15.4. The first-order chi connectivity index (χ1) is 8.22. The van der Waals surface area contributed by atoms with E-state index in [9.17, 15) is 0 Å². The van der Waals surface area contributed by atoms with Crippen LogP contribution in [0.1, 0.15) is 0 Å². The zero-order valence-corrected chi connectivity index (χ0v) is 9.44. The van der Waals surface area contributed by atoms with E-state index in [0.29, 0.717) is 22.2 Å². The highest BCUT2D eigenvalue weighted by molar-refractivity contribution is 6.31. The maximum absolute atomic E-state index is 5.95. The summed E-state index contributed by atoms with van der Waals surface area (Å²) in [6.07, 6.45) is 3.13. The molecule has 0 atom stereocenters. The van der Waals surface area contributed by atoms with Gasteiger partial charge < -0.3 is 10.7 Å². The molecule has 2 aromatic heterocycles. The number of nitrogens with zero attached hydrogens (tertiary/aromatic N) is 3. The number of benzene rings is 1. The summed E-state index contributed by atoms with van der Waals surface area (Å²) in [5.41, 5.74) is 8.56. The molecule has 0 saturated heterocycles. The van der Waals surface area contributed by atoms with Crippen LogP contribution in [0.5, 0.6) is 0 Å². The number of halogens is 1. The maximum atomic E-state index is 5.95. The van der Waals surface area contributed by atoms with Gasteiger partial charge in [-0.2, -0.15) is 0 Å². The molecule has 0 bridgehead atoms. The van der Waals surface area contributed by atoms with Crippen LogP contribution in [0.15, 0.2) is 30.7 Å². The van der Waals surface area contributed by atoms with E-state index in [1.165, 1.54) is 6.33 Å². The van der Waals surface area contributed by atoms with Gasteiger partial charge in [0.05, 0.1) is 6.20 Å². The Morgan fingerprint density at radius 3 is 2.88 bits per heavy atom. The number of aromatic amines is 1. The van der Waals surface area contributed by atoms with Crippen molar-refractivity contribution < 1.29 is 0 Å². The average Bonchev–Trinajstić information content (AvgIpc) is 2.71. The lowest BCUT2D eigenvalue weighted by molar-refractivity contribution is 1.20. The Balaban J connectivity index is 2.20. The van der Waals surface area contributed by atoms with E-state index in [4.69, 9.17) is 17.3 Å². The topological polar surface area (TPSA) is 80.5 Å². The SMILES string of the molecule is Nc1cc(Cl)cc(-c2nc3ncncc3[nH]2)c1. The van der Waals surface area contributed by atoms with Crippen molar-refractivity contribution in [1.29, 1.82) is 0 Å². The number of nitrogens with two attached hydrogens (primary N) is 1. The van der Waals surface area contributed by atoms with E-state index in [0.717, 1.165) is 11.1 Å². The van der Waals surface area contributed by atoms with Crippen LogP contribution < -0.4 is 5.73 Å². The Morgan fingerprint density at radius 2 is 2.12 bits per heavy atom. The lowest BCUT2D eigenvalue weighted by atomic mass is 10.2. The van der Waals surface area contributed by atoms with Crippen LogP contribution in [-0.2, 0) is 0 Å². The van der Waals surface area contributed by atoms with Gasteiger partial charge >= 0.3 is 0 Å². The highest BCUT2D eigenvalue weighted by atomic mass is 35.5. The fourth-order valence-electron chi connectivity index (χ4n) is 1.65. The van der Waals surface area contributed by atoms with Crippen molar-refractivity contribution in [2.75, 3.05) is 5.73 Å². The fraction of sp³-hybridized carbons (Fsp3) is 0. The largest absolute Gasteiger partial charge is 0.399 e. The van der Waals surface area contributed by atoms with Crippen LogP contribution in [0.25, 0.3) is 22.6 Å². The number of aromatic nitrogens is 4. The van der Waals surface area contributed by atoms with Gasteiger partial charge in [0.2, 0.25) is 0 Å². The molecule has 3 N–H and O–H groups in total. The van der Waals surface area contributed by atoms with E-state index in [2.05, 4.69) is 19.9 Å². The van der Waals surface area contributed by atoms with E-state index < -0.39 is 0 Å². The van der Waals surface area contributed by atoms with Crippen molar-refractivity contribution in [3.8, 4) is 11.4 Å². The van der Waals surface area contributed by atoms with Gasteiger partial charge in [-0.05, 0) is 18.2 Å². The first kappa shape index (κ1) is 10.0. The van der Waals surface area contributed by atoms with Crippen LogP contribution in [-0.4, -0.2) is 19.9 Å². The highest BCUT2D eigenvalue weighted by Gasteiger charge is 2.07. The number of fused-ring (bicyclic) bond motifs is 1. The zero-order valence-electron chi connectivity index (χ0n) is 8.68. The minimum atomic E-state index is 0.576. The quantitative estimate of drug-likeness (QED) is 0.645. The second-order valence-corrected chi connectivity index (χ2v) is 4.06. The number of H-pyrrole nitrogens is 1. The lowest BCUT2D eigenvalue weighted by Gasteiger charge is -1.99. The number of nitrogens with one attached hydrogen (secondary N) is 1. The van der Waals surface area contributed by atoms with E-state index in [-0.39, 0.29) is 0 Å². The maximum Gasteiger partial charge on any atom is 0.181 e. The van der Waals surface area contributed by atoms with Crippen LogP contribution in [0.2, 0.25) is 5.02 Å². The second-order valence-electron chi connectivity index (χ2n) is 3.62. The van der Waals surface area contributed by atoms with Crippen molar-refractivity contribution in [2.24, 2.45) is 0 Å². The molecule has 0 spiro atoms. The zero-order chi connectivity index (χ0) is 11.8. The van der Waals surface area contributed by atoms with Crippen molar-refractivity contribution >= 4 is 28.5 Å². The molecular weight excluding hydrogens is 238 g/mol. The van der Waals surface area contributed by atoms with Crippen molar-refractivity contribution in [3.05, 3.63) is 35.7 Å². The molecule has 3 rings (SSSR count). The Morgan fingerprint density at radius 1 is 1.24 bits per heavy atom. The van der Waals surface area contributed by atoms with E-state index >= 15 is 0 Å². The molecule has 0 saturated carbocycles. The number of anilines is 1. The molecule has 0 radical (unpaired) electrons. The number of nitrogen functional groups attached to an aromatic ring is 1. The summed E-state index contributed by atoms with van der Waals surface area (Å²) in [6, 6.07) is 5.29. The van der Waals surface area contributed by atoms with Gasteiger partial charge in [0.1, 0.15) is 17.7 Å². The van der Waals surface area contributed by atoms with Gasteiger partial charge in [0, 0.05) is 16.3 Å². The molecule has 84 valence electrons. The molecule has 0 aliphatic rings. The Labute approximate surface area is 102 Å². The van der Waals surface area contributed by atoms with Crippen LogP contribution in [0, 0.1) is 0 Å². The summed E-state index contributed by atoms with van der Waals surface area (Å²) < 4.78 is 0. The van der Waals surface area contributed by atoms with Gasteiger partial charge in [0.15, 0.2) is 5.65 Å². The normalized spacial score (nSPS) is 10.9. The number of hydrogen-bond donors (Lipinski definition) is 2. The molecule has 2 heterocycles. The van der Waals surface area contributed by atoms with Gasteiger partial charge in [-0.3, -0.25) is 0 Å². The van der Waals surface area contributed by atoms with Crippen LogP contribution >= 0.6 is 11.6 Å². The Hall–Kier alpha value is -2.14. The number of hydrogen-bond acceptors (Lipinski definition) is 4. The smallest absolute Gasteiger partial charge is 0.181 e. The summed E-state index contributed by atoms with van der Waals surface area (Å²) in [5, 5.41) is 0.576. The molecule has 6 heteroatoms. The third kappa shape index (κ3) is 1.81. The monoisotopic (exact) mass is 245 g/mol. The predicted octanol–water partition coefficient (Wildman–Crippen LogP) is 2.26. The lowest BCUT2D eigenvalue weighted by Crippen LogP contribution is -1.87. The summed E-state index contributed by atoms with van der Waals surface area (Å²) >= 11 is 5.95. The minimum absolute atomic E-state index is 0.576. The van der Waals surface area contributed by atoms with Crippen molar-refractivity contribution in [1.82, 2.24) is 19.9 Å². The molecule has 3 aromatic rings. The third-order valence-corrected chi connectivity index (χ3v) is 2.57. The van der Waals surface area contributed by atoms with Gasteiger partial charge in [-0.15, -0.1) is 0 Å². The predicted molar refractivity (Wildman–Crippen MR) is 66.5 cm³/mol. The second kappa shape index (κ2) is 3.71.